The van der Waals surface area contributed by atoms with Crippen molar-refractivity contribution in [2.75, 3.05) is 16.4 Å². The van der Waals surface area contributed by atoms with Crippen molar-refractivity contribution in [3.63, 3.8) is 0 Å². The molecule has 0 heterocycles. The van der Waals surface area contributed by atoms with Crippen molar-refractivity contribution in [2.24, 2.45) is 0 Å². The molecule has 0 atom stereocenters. The Balaban J connectivity index is 2.16. The minimum atomic E-state index is 0.428. The normalized spacial score (nSPS) is 10.4. The zero-order chi connectivity index (χ0) is 8.65. The van der Waals surface area contributed by atoms with E-state index in [1.54, 1.807) is 0 Å². The zero-order valence-electron chi connectivity index (χ0n) is 7.00. The number of benzene rings is 1. The molecule has 12 heavy (non-hydrogen) atoms. The summed E-state index contributed by atoms with van der Waals surface area (Å²) in [6.07, 6.45) is 0. The van der Waals surface area contributed by atoms with Gasteiger partial charge >= 0.3 is 92.2 Å². The van der Waals surface area contributed by atoms with Crippen LogP contribution >= 0.6 is 20.7 Å². The van der Waals surface area contributed by atoms with Gasteiger partial charge in [-0.15, -0.1) is 0 Å². The van der Waals surface area contributed by atoms with Gasteiger partial charge in [0.15, 0.2) is 0 Å². The van der Waals surface area contributed by atoms with Gasteiger partial charge in [0.2, 0.25) is 0 Å². The summed E-state index contributed by atoms with van der Waals surface area (Å²) in [5, 5.41) is 0. The second-order valence-electron chi connectivity index (χ2n) is 2.13. The van der Waals surface area contributed by atoms with Crippen molar-refractivity contribution in [1.82, 2.24) is 0 Å². The van der Waals surface area contributed by atoms with Gasteiger partial charge in [-0.3, -0.25) is 0 Å². The number of thioether (sulfide) groups is 1. The van der Waals surface area contributed by atoms with Gasteiger partial charge in [0.1, 0.15) is 0 Å². The van der Waals surface area contributed by atoms with Crippen LogP contribution in [-0.4, -0.2) is 16.4 Å². The van der Waals surface area contributed by atoms with Crippen molar-refractivity contribution in [3.05, 3.63) is 30.3 Å². The van der Waals surface area contributed by atoms with Gasteiger partial charge in [-0.1, -0.05) is 0 Å². The molecule has 0 amide bonds. The molecule has 3 heteroatoms. The fourth-order valence-electron chi connectivity index (χ4n) is 0.785. The first kappa shape index (κ1) is 10.7. The number of hydrogen-bond acceptors (Lipinski definition) is 2. The standard InChI is InChI=1S/C9H12IS2/c1-10-12-8-7-11-9-5-3-2-4-6-9/h2-6H,7-8H2,1H3/q-1. The number of alkyl halides is 1. The molecular weight excluding hydrogens is 299 g/mol. The Morgan fingerprint density at radius 2 is 1.92 bits per heavy atom. The van der Waals surface area contributed by atoms with E-state index in [1.807, 2.05) is 11.8 Å². The van der Waals surface area contributed by atoms with Crippen LogP contribution in [-0.2, 0) is 0 Å². The first-order valence-electron chi connectivity index (χ1n) is 3.72. The summed E-state index contributed by atoms with van der Waals surface area (Å²) in [5.41, 5.74) is 0. The molecule has 0 unspecified atom stereocenters. The average Bonchev–Trinajstić information content (AvgIpc) is 2.14. The molecule has 1 aromatic rings. The van der Waals surface area contributed by atoms with Crippen LogP contribution in [0.2, 0.25) is 0 Å². The molecule has 0 aliphatic heterocycles. The van der Waals surface area contributed by atoms with E-state index in [9.17, 15) is 0 Å². The van der Waals surface area contributed by atoms with E-state index in [0.717, 1.165) is 0 Å². The predicted octanol–water partition coefficient (Wildman–Crippen LogP) is 0.146. The van der Waals surface area contributed by atoms with Crippen LogP contribution in [0, 0.1) is 0 Å². The topological polar surface area (TPSA) is 0 Å². The van der Waals surface area contributed by atoms with Crippen LogP contribution in [0.3, 0.4) is 0 Å². The van der Waals surface area contributed by atoms with Crippen LogP contribution in [0.4, 0.5) is 0 Å². The summed E-state index contributed by atoms with van der Waals surface area (Å²) in [6.45, 7) is 0. The van der Waals surface area contributed by atoms with E-state index < -0.39 is 0 Å². The van der Waals surface area contributed by atoms with Crippen LogP contribution in [0.15, 0.2) is 35.2 Å². The van der Waals surface area contributed by atoms with E-state index >= 15 is 0 Å². The summed E-state index contributed by atoms with van der Waals surface area (Å²) >= 11 is 2.39. The fourth-order valence-corrected chi connectivity index (χ4v) is 5.05. The zero-order valence-corrected chi connectivity index (χ0v) is 10.8. The number of hydrogen-bond donors (Lipinski definition) is 0. The average molecular weight is 311 g/mol. The molecular formula is C9H12IS2-. The molecule has 0 N–H and O–H groups in total. The fraction of sp³-hybridized carbons (Fsp3) is 0.333. The van der Waals surface area contributed by atoms with Gasteiger partial charge in [0.05, 0.1) is 0 Å². The minimum absolute atomic E-state index is 0.428. The summed E-state index contributed by atoms with van der Waals surface area (Å²) in [4.78, 5) is 3.71. The van der Waals surface area contributed by atoms with Crippen molar-refractivity contribution in [1.29, 1.82) is 0 Å². The van der Waals surface area contributed by atoms with Crippen LogP contribution in [0.1, 0.15) is 0 Å². The maximum absolute atomic E-state index is 2.32. The van der Waals surface area contributed by atoms with Crippen LogP contribution in [0.25, 0.3) is 0 Å². The molecule has 1 aromatic carbocycles. The van der Waals surface area contributed by atoms with Gasteiger partial charge in [-0.25, -0.2) is 0 Å². The molecule has 0 fully saturated rings. The number of rotatable bonds is 5. The van der Waals surface area contributed by atoms with Gasteiger partial charge in [-0.05, 0) is 0 Å². The molecule has 0 aromatic heterocycles. The van der Waals surface area contributed by atoms with Gasteiger partial charge < -0.3 is 0 Å². The summed E-state index contributed by atoms with van der Waals surface area (Å²) in [7, 11) is 2.12. The molecule has 0 spiro atoms. The van der Waals surface area contributed by atoms with Crippen molar-refractivity contribution < 1.29 is 19.8 Å². The van der Waals surface area contributed by atoms with Gasteiger partial charge in [0, 0.05) is 0 Å². The van der Waals surface area contributed by atoms with Crippen molar-refractivity contribution >= 4 is 20.7 Å². The second-order valence-corrected chi connectivity index (χ2v) is 8.74. The van der Waals surface area contributed by atoms with Gasteiger partial charge in [0.25, 0.3) is 0 Å². The van der Waals surface area contributed by atoms with Gasteiger partial charge in [-0.2, -0.15) is 0 Å². The molecule has 0 radical (unpaired) electrons. The van der Waals surface area contributed by atoms with E-state index in [0.29, 0.717) is 19.8 Å². The van der Waals surface area contributed by atoms with Crippen molar-refractivity contribution in [3.8, 4) is 0 Å². The number of halogens is 1. The first-order chi connectivity index (χ1) is 5.93. The van der Waals surface area contributed by atoms with Crippen LogP contribution in [0.5, 0.6) is 0 Å². The Labute approximate surface area is 91.6 Å². The predicted molar refractivity (Wildman–Crippen MR) is 55.5 cm³/mol. The SMILES string of the molecule is C[I-]SCCSc1ccccc1. The molecule has 0 aliphatic rings. The maximum atomic E-state index is 2.32. The second kappa shape index (κ2) is 7.09. The summed E-state index contributed by atoms with van der Waals surface area (Å²) < 4.78 is 0. The molecule has 0 saturated heterocycles. The Kier molecular flexibility index (Phi) is 6.34. The Morgan fingerprint density at radius 1 is 1.17 bits per heavy atom. The van der Waals surface area contributed by atoms with E-state index in [-0.39, 0.29) is 0 Å². The van der Waals surface area contributed by atoms with E-state index in [4.69, 9.17) is 0 Å². The molecule has 0 nitrogen and oxygen atoms in total. The molecule has 0 aliphatic carbocycles. The molecule has 1 rings (SSSR count). The molecule has 0 saturated carbocycles. The summed E-state index contributed by atoms with van der Waals surface area (Å²) in [5.74, 6) is 2.56. The summed E-state index contributed by atoms with van der Waals surface area (Å²) in [6, 6.07) is 10.6. The Bertz CT molecular complexity index is 201. The third kappa shape index (κ3) is 4.62. The van der Waals surface area contributed by atoms with Crippen LogP contribution < -0.4 is 19.8 Å². The Morgan fingerprint density at radius 3 is 2.58 bits per heavy atom. The first-order valence-corrected chi connectivity index (χ1v) is 10.4. The van der Waals surface area contributed by atoms with E-state index in [2.05, 4.69) is 44.2 Å². The third-order valence-electron chi connectivity index (χ3n) is 1.28. The Hall–Kier alpha value is 0.650. The monoisotopic (exact) mass is 311 g/mol. The van der Waals surface area contributed by atoms with Crippen molar-refractivity contribution in [2.45, 2.75) is 4.90 Å². The van der Waals surface area contributed by atoms with E-state index in [1.165, 1.54) is 16.4 Å². The quantitative estimate of drug-likeness (QED) is 0.329. The third-order valence-corrected chi connectivity index (χ3v) is 6.32. The molecule has 0 bridgehead atoms. The molecule has 68 valence electrons.